The highest BCUT2D eigenvalue weighted by molar-refractivity contribution is 5.80. The minimum atomic E-state index is 0.211. The fourth-order valence-electron chi connectivity index (χ4n) is 4.20. The second kappa shape index (κ2) is 7.32. The van der Waals surface area contributed by atoms with Gasteiger partial charge in [0.1, 0.15) is 0 Å². The van der Waals surface area contributed by atoms with Crippen molar-refractivity contribution in [2.75, 3.05) is 64.3 Å². The van der Waals surface area contributed by atoms with Crippen molar-refractivity contribution in [1.29, 1.82) is 0 Å². The van der Waals surface area contributed by atoms with Gasteiger partial charge in [-0.2, -0.15) is 0 Å². The first kappa shape index (κ1) is 16.8. The number of likely N-dealkylation sites (N-methyl/N-ethyl adjacent to an activating group) is 1. The topological polar surface area (TPSA) is 42.1 Å². The molecule has 3 fully saturated rings. The summed E-state index contributed by atoms with van der Waals surface area (Å²) < 4.78 is 0. The summed E-state index contributed by atoms with van der Waals surface area (Å²) in [6, 6.07) is 11.1. The number of rotatable bonds is 4. The first-order chi connectivity index (χ1) is 12.2. The van der Waals surface area contributed by atoms with Crippen molar-refractivity contribution in [3.8, 4) is 0 Å². The van der Waals surface area contributed by atoms with Gasteiger partial charge in [0.05, 0.1) is 5.92 Å². The number of hydrazine groups is 1. The van der Waals surface area contributed by atoms with Crippen LogP contribution in [0.25, 0.3) is 0 Å². The number of nitrogens with zero attached hydrogens (tertiary/aromatic N) is 4. The summed E-state index contributed by atoms with van der Waals surface area (Å²) in [5, 5.41) is 2.22. The molecule has 0 bridgehead atoms. The van der Waals surface area contributed by atoms with Crippen molar-refractivity contribution in [1.82, 2.24) is 20.2 Å². The Balaban J connectivity index is 1.21. The number of amides is 1. The van der Waals surface area contributed by atoms with Gasteiger partial charge >= 0.3 is 0 Å². The highest BCUT2D eigenvalue weighted by atomic mass is 16.2. The highest BCUT2D eigenvalue weighted by Crippen LogP contribution is 2.22. The van der Waals surface area contributed by atoms with Gasteiger partial charge in [-0.3, -0.25) is 10.2 Å². The van der Waals surface area contributed by atoms with Gasteiger partial charge in [-0.05, 0) is 18.6 Å². The lowest BCUT2D eigenvalue weighted by atomic mass is 9.97. The van der Waals surface area contributed by atoms with E-state index in [9.17, 15) is 4.79 Å². The van der Waals surface area contributed by atoms with Crippen molar-refractivity contribution in [3.63, 3.8) is 0 Å². The van der Waals surface area contributed by atoms with Crippen molar-refractivity contribution in [2.45, 2.75) is 12.5 Å². The molecule has 25 heavy (non-hydrogen) atoms. The van der Waals surface area contributed by atoms with Gasteiger partial charge in [-0.15, -0.1) is 0 Å². The van der Waals surface area contributed by atoms with Crippen LogP contribution in [0.2, 0.25) is 0 Å². The molecule has 0 saturated carbocycles. The maximum atomic E-state index is 12.7. The molecule has 0 aromatic heterocycles. The largest absolute Gasteiger partial charge is 0.368 e. The molecule has 3 aliphatic heterocycles. The first-order valence-corrected chi connectivity index (χ1v) is 9.48. The molecule has 3 saturated heterocycles. The zero-order valence-corrected chi connectivity index (χ0v) is 15.1. The maximum absolute atomic E-state index is 12.7. The van der Waals surface area contributed by atoms with E-state index < -0.39 is 0 Å². The fraction of sp³-hybridized carbons (Fsp3) is 0.632. The quantitative estimate of drug-likeness (QED) is 0.861. The van der Waals surface area contributed by atoms with E-state index in [0.717, 1.165) is 52.4 Å². The number of nitrogens with one attached hydrogen (secondary N) is 1. The number of carbonyl (C=O) groups is 1. The van der Waals surface area contributed by atoms with Crippen molar-refractivity contribution < 1.29 is 4.79 Å². The van der Waals surface area contributed by atoms with Gasteiger partial charge in [0.2, 0.25) is 5.91 Å². The molecule has 1 N–H and O–H groups in total. The minimum Gasteiger partial charge on any atom is -0.368 e. The molecule has 3 aliphatic rings. The van der Waals surface area contributed by atoms with Gasteiger partial charge < -0.3 is 14.7 Å². The van der Waals surface area contributed by atoms with Crippen LogP contribution in [-0.4, -0.2) is 86.2 Å². The number of anilines is 1. The van der Waals surface area contributed by atoms with Crippen LogP contribution in [0.4, 0.5) is 5.69 Å². The molecule has 1 amide bonds. The minimum absolute atomic E-state index is 0.211. The Labute approximate surface area is 150 Å². The lowest BCUT2D eigenvalue weighted by molar-refractivity contribution is -0.141. The average Bonchev–Trinajstić information content (AvgIpc) is 3.03. The molecule has 1 aromatic carbocycles. The van der Waals surface area contributed by atoms with E-state index in [0.29, 0.717) is 11.9 Å². The van der Waals surface area contributed by atoms with Crippen LogP contribution in [0.1, 0.15) is 6.42 Å². The Hall–Kier alpha value is -1.63. The lowest BCUT2D eigenvalue weighted by Crippen LogP contribution is -2.59. The van der Waals surface area contributed by atoms with Crippen LogP contribution in [0, 0.1) is 5.92 Å². The van der Waals surface area contributed by atoms with Crippen LogP contribution in [-0.2, 0) is 4.79 Å². The summed E-state index contributed by atoms with van der Waals surface area (Å²) in [4.78, 5) is 19.6. The molecule has 0 aliphatic carbocycles. The molecule has 1 aromatic rings. The number of carbonyl (C=O) groups excluding carboxylic acids is 1. The molecule has 4 rings (SSSR count). The number of benzene rings is 1. The third kappa shape index (κ3) is 3.66. The Morgan fingerprint density at radius 3 is 2.48 bits per heavy atom. The summed E-state index contributed by atoms with van der Waals surface area (Å²) in [5.41, 5.74) is 4.62. The first-order valence-electron chi connectivity index (χ1n) is 9.48. The third-order valence-corrected chi connectivity index (χ3v) is 5.87. The second-order valence-electron chi connectivity index (χ2n) is 7.52. The van der Waals surface area contributed by atoms with Gasteiger partial charge in [0.25, 0.3) is 0 Å². The van der Waals surface area contributed by atoms with E-state index in [1.807, 2.05) is 6.07 Å². The zero-order chi connectivity index (χ0) is 17.2. The molecule has 0 radical (unpaired) electrons. The van der Waals surface area contributed by atoms with E-state index in [1.54, 1.807) is 0 Å². The third-order valence-electron chi connectivity index (χ3n) is 5.87. The predicted octanol–water partition coefficient (Wildman–Crippen LogP) is 0.476. The summed E-state index contributed by atoms with van der Waals surface area (Å²) in [7, 11) is 2.12. The SMILES string of the molecule is CN1NCCC1CN1CC(C(=O)N2CCN(c3ccccc3)CC2)C1. The Kier molecular flexibility index (Phi) is 4.92. The average molecular weight is 343 g/mol. The summed E-state index contributed by atoms with van der Waals surface area (Å²) in [6.07, 6.45) is 1.20. The van der Waals surface area contributed by atoms with E-state index in [1.165, 1.54) is 12.1 Å². The number of piperazine rings is 1. The normalized spacial score (nSPS) is 26.0. The molecule has 6 nitrogen and oxygen atoms in total. The van der Waals surface area contributed by atoms with Crippen LogP contribution in [0.15, 0.2) is 30.3 Å². The van der Waals surface area contributed by atoms with Crippen molar-refractivity contribution >= 4 is 11.6 Å². The lowest BCUT2D eigenvalue weighted by Gasteiger charge is -2.44. The summed E-state index contributed by atoms with van der Waals surface area (Å²) in [5.74, 6) is 0.574. The standard InChI is InChI=1S/C19H29N5O/c1-21-18(7-8-20-21)15-22-13-16(14-22)19(25)24-11-9-23(10-12-24)17-5-3-2-4-6-17/h2-6,16,18,20H,7-15H2,1H3. The van der Waals surface area contributed by atoms with Crippen LogP contribution < -0.4 is 10.3 Å². The van der Waals surface area contributed by atoms with Gasteiger partial charge in [0, 0.05) is 71.1 Å². The monoisotopic (exact) mass is 343 g/mol. The predicted molar refractivity (Wildman–Crippen MR) is 99.3 cm³/mol. The zero-order valence-electron chi connectivity index (χ0n) is 15.1. The van der Waals surface area contributed by atoms with E-state index >= 15 is 0 Å². The molecular weight excluding hydrogens is 314 g/mol. The molecular formula is C19H29N5O. The van der Waals surface area contributed by atoms with Gasteiger partial charge in [-0.25, -0.2) is 5.01 Å². The fourth-order valence-corrected chi connectivity index (χ4v) is 4.20. The Morgan fingerprint density at radius 2 is 1.84 bits per heavy atom. The highest BCUT2D eigenvalue weighted by Gasteiger charge is 2.37. The molecule has 1 atom stereocenters. The Morgan fingerprint density at radius 1 is 1.12 bits per heavy atom. The summed E-state index contributed by atoms with van der Waals surface area (Å²) >= 11 is 0. The number of hydrogen-bond donors (Lipinski definition) is 1. The molecule has 0 spiro atoms. The molecule has 1 unspecified atom stereocenters. The van der Waals surface area contributed by atoms with Gasteiger partial charge in [0.15, 0.2) is 0 Å². The molecule has 3 heterocycles. The number of hydrogen-bond acceptors (Lipinski definition) is 5. The van der Waals surface area contributed by atoms with E-state index in [-0.39, 0.29) is 5.92 Å². The number of likely N-dealkylation sites (tertiary alicyclic amines) is 1. The number of para-hydroxylation sites is 1. The van der Waals surface area contributed by atoms with E-state index in [2.05, 4.69) is 56.4 Å². The molecule has 136 valence electrons. The van der Waals surface area contributed by atoms with Crippen LogP contribution >= 0.6 is 0 Å². The van der Waals surface area contributed by atoms with Crippen LogP contribution in [0.5, 0.6) is 0 Å². The van der Waals surface area contributed by atoms with Crippen molar-refractivity contribution in [2.24, 2.45) is 5.92 Å². The Bertz CT molecular complexity index is 581. The smallest absolute Gasteiger partial charge is 0.228 e. The van der Waals surface area contributed by atoms with Crippen molar-refractivity contribution in [3.05, 3.63) is 30.3 Å². The van der Waals surface area contributed by atoms with Crippen LogP contribution in [0.3, 0.4) is 0 Å². The van der Waals surface area contributed by atoms with E-state index in [4.69, 9.17) is 0 Å². The van der Waals surface area contributed by atoms with Gasteiger partial charge in [-0.1, -0.05) is 18.2 Å². The molecule has 6 heteroatoms. The second-order valence-corrected chi connectivity index (χ2v) is 7.52. The maximum Gasteiger partial charge on any atom is 0.228 e. The summed E-state index contributed by atoms with van der Waals surface area (Å²) in [6.45, 7) is 7.58.